The SMILES string of the molecule is CNc1ccc(CCc2ccc(F)cc2F)cc1OC. The topological polar surface area (TPSA) is 21.3 Å². The molecule has 0 aromatic heterocycles. The van der Waals surface area contributed by atoms with Gasteiger partial charge in [-0.1, -0.05) is 12.1 Å². The summed E-state index contributed by atoms with van der Waals surface area (Å²) in [4.78, 5) is 0. The Labute approximate surface area is 117 Å². The molecule has 0 atom stereocenters. The quantitative estimate of drug-likeness (QED) is 0.897. The van der Waals surface area contributed by atoms with Crippen molar-refractivity contribution in [1.29, 1.82) is 0 Å². The fourth-order valence-corrected chi connectivity index (χ4v) is 2.10. The third-order valence-corrected chi connectivity index (χ3v) is 3.23. The van der Waals surface area contributed by atoms with E-state index >= 15 is 0 Å². The Balaban J connectivity index is 2.10. The second-order valence-electron chi connectivity index (χ2n) is 4.52. The highest BCUT2D eigenvalue weighted by Crippen LogP contribution is 2.25. The third-order valence-electron chi connectivity index (χ3n) is 3.23. The predicted molar refractivity (Wildman–Crippen MR) is 76.3 cm³/mol. The Bertz CT molecular complexity index is 599. The largest absolute Gasteiger partial charge is 0.495 e. The number of nitrogens with one attached hydrogen (secondary N) is 1. The lowest BCUT2D eigenvalue weighted by atomic mass is 10.0. The highest BCUT2D eigenvalue weighted by Gasteiger charge is 2.06. The molecule has 1 N–H and O–H groups in total. The maximum absolute atomic E-state index is 13.5. The molecule has 0 aliphatic carbocycles. The Morgan fingerprint density at radius 2 is 1.85 bits per heavy atom. The average molecular weight is 277 g/mol. The molecular formula is C16H17F2NO. The van der Waals surface area contributed by atoms with Gasteiger partial charge in [0.15, 0.2) is 0 Å². The number of benzene rings is 2. The van der Waals surface area contributed by atoms with Gasteiger partial charge in [0.05, 0.1) is 12.8 Å². The molecule has 0 fully saturated rings. The molecule has 2 nitrogen and oxygen atoms in total. The lowest BCUT2D eigenvalue weighted by Crippen LogP contribution is -1.98. The molecule has 2 aromatic carbocycles. The van der Waals surface area contributed by atoms with Gasteiger partial charge in [-0.3, -0.25) is 0 Å². The molecule has 0 saturated carbocycles. The average Bonchev–Trinajstić information content (AvgIpc) is 2.46. The van der Waals surface area contributed by atoms with Crippen LogP contribution in [0.5, 0.6) is 5.75 Å². The standard InChI is InChI=1S/C16H17F2NO/c1-19-15-8-4-11(9-16(15)20-2)3-5-12-6-7-13(17)10-14(12)18/h4,6-10,19H,3,5H2,1-2H3. The number of hydrogen-bond donors (Lipinski definition) is 1. The molecule has 106 valence electrons. The van der Waals surface area contributed by atoms with Gasteiger partial charge in [-0.05, 0) is 42.2 Å². The molecule has 0 aliphatic rings. The zero-order valence-corrected chi connectivity index (χ0v) is 11.5. The molecule has 0 aliphatic heterocycles. The van der Waals surface area contributed by atoms with Crippen LogP contribution >= 0.6 is 0 Å². The normalized spacial score (nSPS) is 10.4. The molecule has 0 bridgehead atoms. The van der Waals surface area contributed by atoms with E-state index in [1.165, 1.54) is 12.1 Å². The summed E-state index contributed by atoms with van der Waals surface area (Å²) >= 11 is 0. The second-order valence-corrected chi connectivity index (χ2v) is 4.52. The highest BCUT2D eigenvalue weighted by atomic mass is 19.1. The molecule has 4 heteroatoms. The molecule has 2 rings (SSSR count). The van der Waals surface area contributed by atoms with Crippen LogP contribution in [-0.2, 0) is 12.8 Å². The molecule has 0 radical (unpaired) electrons. The Hall–Kier alpha value is -2.10. The van der Waals surface area contributed by atoms with Gasteiger partial charge in [-0.25, -0.2) is 8.78 Å². The zero-order valence-electron chi connectivity index (χ0n) is 11.5. The number of rotatable bonds is 5. The summed E-state index contributed by atoms with van der Waals surface area (Å²) in [6.07, 6.45) is 1.19. The molecule has 0 saturated heterocycles. The first-order valence-electron chi connectivity index (χ1n) is 6.42. The number of ether oxygens (including phenoxy) is 1. The van der Waals surface area contributed by atoms with Gasteiger partial charge in [0.1, 0.15) is 17.4 Å². The van der Waals surface area contributed by atoms with Gasteiger partial charge in [-0.15, -0.1) is 0 Å². The maximum atomic E-state index is 13.5. The maximum Gasteiger partial charge on any atom is 0.142 e. The van der Waals surface area contributed by atoms with Gasteiger partial charge in [0, 0.05) is 13.1 Å². The van der Waals surface area contributed by atoms with E-state index in [4.69, 9.17) is 4.74 Å². The van der Waals surface area contributed by atoms with Crippen LogP contribution in [0.2, 0.25) is 0 Å². The number of anilines is 1. The van der Waals surface area contributed by atoms with Gasteiger partial charge in [-0.2, -0.15) is 0 Å². The summed E-state index contributed by atoms with van der Waals surface area (Å²) < 4.78 is 31.7. The predicted octanol–water partition coefficient (Wildman–Crippen LogP) is 3.80. The highest BCUT2D eigenvalue weighted by molar-refractivity contribution is 5.57. The minimum atomic E-state index is -0.550. The smallest absolute Gasteiger partial charge is 0.142 e. The fourth-order valence-electron chi connectivity index (χ4n) is 2.10. The monoisotopic (exact) mass is 277 g/mol. The second kappa shape index (κ2) is 6.37. The van der Waals surface area contributed by atoms with Crippen molar-refractivity contribution >= 4 is 5.69 Å². The van der Waals surface area contributed by atoms with Crippen molar-refractivity contribution in [2.24, 2.45) is 0 Å². The van der Waals surface area contributed by atoms with Crippen molar-refractivity contribution in [2.75, 3.05) is 19.5 Å². The van der Waals surface area contributed by atoms with Gasteiger partial charge < -0.3 is 10.1 Å². The van der Waals surface area contributed by atoms with E-state index in [1.54, 1.807) is 7.11 Å². The van der Waals surface area contributed by atoms with Crippen molar-refractivity contribution in [2.45, 2.75) is 12.8 Å². The summed E-state index contributed by atoms with van der Waals surface area (Å²) in [5.41, 5.74) is 2.47. The first-order valence-corrected chi connectivity index (χ1v) is 6.42. The van der Waals surface area contributed by atoms with Crippen molar-refractivity contribution < 1.29 is 13.5 Å². The van der Waals surface area contributed by atoms with Crippen LogP contribution in [0.4, 0.5) is 14.5 Å². The third kappa shape index (κ3) is 3.26. The zero-order chi connectivity index (χ0) is 14.5. The van der Waals surface area contributed by atoms with Crippen LogP contribution in [-0.4, -0.2) is 14.2 Å². The lowest BCUT2D eigenvalue weighted by molar-refractivity contribution is 0.416. The minimum absolute atomic E-state index is 0.496. The lowest BCUT2D eigenvalue weighted by Gasteiger charge is -2.10. The van der Waals surface area contributed by atoms with Crippen molar-refractivity contribution in [3.8, 4) is 5.75 Å². The van der Waals surface area contributed by atoms with Crippen LogP contribution in [0.3, 0.4) is 0 Å². The molecule has 2 aromatic rings. The first kappa shape index (κ1) is 14.3. The van der Waals surface area contributed by atoms with E-state index in [2.05, 4.69) is 5.32 Å². The van der Waals surface area contributed by atoms with Crippen LogP contribution in [0.15, 0.2) is 36.4 Å². The summed E-state index contributed by atoms with van der Waals surface area (Å²) in [5.74, 6) is -0.292. The van der Waals surface area contributed by atoms with E-state index < -0.39 is 11.6 Å². The summed E-state index contributed by atoms with van der Waals surface area (Å²) in [6, 6.07) is 9.51. The molecule has 0 amide bonds. The summed E-state index contributed by atoms with van der Waals surface area (Å²) in [6.45, 7) is 0. The van der Waals surface area contributed by atoms with Gasteiger partial charge in [0.2, 0.25) is 0 Å². The van der Waals surface area contributed by atoms with E-state index in [0.29, 0.717) is 18.4 Å². The summed E-state index contributed by atoms with van der Waals surface area (Å²) in [7, 11) is 3.44. The van der Waals surface area contributed by atoms with Crippen molar-refractivity contribution in [3.63, 3.8) is 0 Å². The number of hydrogen-bond acceptors (Lipinski definition) is 2. The molecule has 0 heterocycles. The van der Waals surface area contributed by atoms with E-state index in [1.807, 2.05) is 25.2 Å². The molecule has 0 spiro atoms. The van der Waals surface area contributed by atoms with Gasteiger partial charge in [0.25, 0.3) is 0 Å². The van der Waals surface area contributed by atoms with Crippen LogP contribution in [0.25, 0.3) is 0 Å². The van der Waals surface area contributed by atoms with E-state index in [-0.39, 0.29) is 0 Å². The number of aryl methyl sites for hydroxylation is 2. The Morgan fingerprint density at radius 1 is 1.05 bits per heavy atom. The fraction of sp³-hybridized carbons (Fsp3) is 0.250. The minimum Gasteiger partial charge on any atom is -0.495 e. The van der Waals surface area contributed by atoms with Gasteiger partial charge >= 0.3 is 0 Å². The Kier molecular flexibility index (Phi) is 4.56. The van der Waals surface area contributed by atoms with Crippen LogP contribution < -0.4 is 10.1 Å². The number of halogens is 2. The van der Waals surface area contributed by atoms with Crippen molar-refractivity contribution in [1.82, 2.24) is 0 Å². The van der Waals surface area contributed by atoms with Crippen molar-refractivity contribution in [3.05, 3.63) is 59.2 Å². The molecular weight excluding hydrogens is 260 g/mol. The van der Waals surface area contributed by atoms with Crippen LogP contribution in [0, 0.1) is 11.6 Å². The van der Waals surface area contributed by atoms with E-state index in [9.17, 15) is 8.78 Å². The Morgan fingerprint density at radius 3 is 2.50 bits per heavy atom. The molecule has 20 heavy (non-hydrogen) atoms. The summed E-state index contributed by atoms with van der Waals surface area (Å²) in [5, 5.41) is 3.04. The van der Waals surface area contributed by atoms with E-state index in [0.717, 1.165) is 23.1 Å². The first-order chi connectivity index (χ1) is 9.63. The number of methoxy groups -OCH3 is 1. The van der Waals surface area contributed by atoms with Crippen LogP contribution in [0.1, 0.15) is 11.1 Å². The molecule has 0 unspecified atom stereocenters.